The Balaban J connectivity index is 3.83. The van der Waals surface area contributed by atoms with E-state index >= 15 is 0 Å². The van der Waals surface area contributed by atoms with Crippen molar-refractivity contribution in [1.29, 1.82) is 0 Å². The number of carbonyl (C=O) groups is 3. The fourth-order valence-electron chi connectivity index (χ4n) is 1.69. The van der Waals surface area contributed by atoms with Gasteiger partial charge in [-0.05, 0) is 38.7 Å². The highest BCUT2D eigenvalue weighted by atomic mass is 16.2. The van der Waals surface area contributed by atoms with Gasteiger partial charge in [0.05, 0.1) is 0 Å². The maximum Gasteiger partial charge on any atom is 0.252 e. The van der Waals surface area contributed by atoms with Gasteiger partial charge in [-0.25, -0.2) is 0 Å². The monoisotopic (exact) mass is 296 g/mol. The first-order valence-electron chi connectivity index (χ1n) is 7.60. The first kappa shape index (κ1) is 19.4. The summed E-state index contributed by atoms with van der Waals surface area (Å²) < 4.78 is 0. The molecule has 0 aliphatic rings. The molecule has 5 heteroatoms. The summed E-state index contributed by atoms with van der Waals surface area (Å²) >= 11 is 0. The third-order valence-electron chi connectivity index (χ3n) is 3.41. The van der Waals surface area contributed by atoms with Crippen LogP contribution in [0.1, 0.15) is 53.4 Å². The number of allylic oxidation sites excluding steroid dienone is 1. The van der Waals surface area contributed by atoms with E-state index in [0.29, 0.717) is 25.3 Å². The van der Waals surface area contributed by atoms with Crippen LogP contribution in [0.5, 0.6) is 0 Å². The van der Waals surface area contributed by atoms with Crippen LogP contribution < -0.4 is 5.32 Å². The standard InChI is InChI=1S/C16H28N2O3/c1-5-9-16(21)18(12-19)11-8-6-7-10-15(20)17-14(4)13(2)3/h5,9,12-14H,6-8,10-11H2,1-4H3,(H,17,20)/b9-5-. The third-order valence-corrected chi connectivity index (χ3v) is 3.41. The molecule has 3 amide bonds. The molecule has 0 spiro atoms. The zero-order valence-corrected chi connectivity index (χ0v) is 13.6. The molecular formula is C16H28N2O3. The van der Waals surface area contributed by atoms with Crippen molar-refractivity contribution in [1.82, 2.24) is 10.2 Å². The molecule has 0 bridgehead atoms. The molecule has 0 aromatic rings. The SMILES string of the molecule is C/C=C\C(=O)N(C=O)CCCCCC(=O)NC(C)C(C)C. The van der Waals surface area contributed by atoms with Gasteiger partial charge in [0.2, 0.25) is 12.3 Å². The fourth-order valence-corrected chi connectivity index (χ4v) is 1.69. The molecule has 0 aliphatic carbocycles. The van der Waals surface area contributed by atoms with E-state index in [4.69, 9.17) is 0 Å². The largest absolute Gasteiger partial charge is 0.353 e. The maximum absolute atomic E-state index is 11.7. The molecule has 0 rings (SSSR count). The molecule has 0 aromatic carbocycles. The smallest absolute Gasteiger partial charge is 0.252 e. The van der Waals surface area contributed by atoms with E-state index < -0.39 is 0 Å². The highest BCUT2D eigenvalue weighted by molar-refractivity contribution is 5.94. The summed E-state index contributed by atoms with van der Waals surface area (Å²) in [5.74, 6) is 0.192. The average molecular weight is 296 g/mol. The van der Waals surface area contributed by atoms with E-state index in [0.717, 1.165) is 24.2 Å². The lowest BCUT2D eigenvalue weighted by Gasteiger charge is -2.17. The fraction of sp³-hybridized carbons (Fsp3) is 0.688. The number of rotatable bonds is 10. The first-order chi connectivity index (χ1) is 9.92. The predicted octanol–water partition coefficient (Wildman–Crippen LogP) is 2.27. The predicted molar refractivity (Wildman–Crippen MR) is 83.5 cm³/mol. The van der Waals surface area contributed by atoms with Gasteiger partial charge in [-0.1, -0.05) is 26.3 Å². The van der Waals surface area contributed by atoms with E-state index in [2.05, 4.69) is 19.2 Å². The van der Waals surface area contributed by atoms with Crippen LogP contribution in [-0.4, -0.2) is 35.7 Å². The van der Waals surface area contributed by atoms with Gasteiger partial charge in [-0.2, -0.15) is 0 Å². The van der Waals surface area contributed by atoms with Crippen LogP contribution >= 0.6 is 0 Å². The lowest BCUT2D eigenvalue weighted by atomic mass is 10.1. The van der Waals surface area contributed by atoms with Gasteiger partial charge < -0.3 is 5.32 Å². The number of amides is 3. The molecule has 1 atom stereocenters. The molecule has 0 heterocycles. The number of imide groups is 1. The lowest BCUT2D eigenvalue weighted by Crippen LogP contribution is -2.35. The number of hydrogen-bond donors (Lipinski definition) is 1. The van der Waals surface area contributed by atoms with Crippen LogP contribution in [-0.2, 0) is 14.4 Å². The second-order valence-electron chi connectivity index (χ2n) is 5.55. The Bertz CT molecular complexity index is 365. The number of hydrogen-bond acceptors (Lipinski definition) is 3. The van der Waals surface area contributed by atoms with E-state index in [9.17, 15) is 14.4 Å². The van der Waals surface area contributed by atoms with E-state index in [1.165, 1.54) is 6.08 Å². The molecule has 5 nitrogen and oxygen atoms in total. The third kappa shape index (κ3) is 9.00. The van der Waals surface area contributed by atoms with Crippen molar-refractivity contribution in [2.24, 2.45) is 5.92 Å². The Hall–Kier alpha value is -1.65. The molecule has 1 N–H and O–H groups in total. The minimum absolute atomic E-state index is 0.0634. The second kappa shape index (κ2) is 11.1. The Labute approximate surface area is 127 Å². The van der Waals surface area contributed by atoms with Gasteiger partial charge in [-0.3, -0.25) is 19.3 Å². The van der Waals surface area contributed by atoms with Crippen molar-refractivity contribution in [3.05, 3.63) is 12.2 Å². The van der Waals surface area contributed by atoms with Crippen LogP contribution in [0.3, 0.4) is 0 Å². The van der Waals surface area contributed by atoms with Gasteiger partial charge >= 0.3 is 0 Å². The van der Waals surface area contributed by atoms with E-state index in [1.54, 1.807) is 13.0 Å². The quantitative estimate of drug-likeness (QED) is 0.382. The zero-order valence-electron chi connectivity index (χ0n) is 13.6. The minimum Gasteiger partial charge on any atom is -0.353 e. The molecule has 120 valence electrons. The molecule has 0 radical (unpaired) electrons. The van der Waals surface area contributed by atoms with E-state index in [-0.39, 0.29) is 17.9 Å². The molecule has 0 fully saturated rings. The van der Waals surface area contributed by atoms with Gasteiger partial charge in [0.1, 0.15) is 0 Å². The van der Waals surface area contributed by atoms with Crippen molar-refractivity contribution in [3.8, 4) is 0 Å². The number of nitrogens with zero attached hydrogens (tertiary/aromatic N) is 1. The van der Waals surface area contributed by atoms with Crippen molar-refractivity contribution < 1.29 is 14.4 Å². The summed E-state index contributed by atoms with van der Waals surface area (Å²) in [6, 6.07) is 0.182. The molecule has 21 heavy (non-hydrogen) atoms. The summed E-state index contributed by atoms with van der Waals surface area (Å²) in [4.78, 5) is 35.1. The number of unbranched alkanes of at least 4 members (excludes halogenated alkanes) is 2. The van der Waals surface area contributed by atoms with Crippen molar-refractivity contribution in [2.45, 2.75) is 59.4 Å². The summed E-state index contributed by atoms with van der Waals surface area (Å²) in [5.41, 5.74) is 0. The number of nitrogens with one attached hydrogen (secondary N) is 1. The van der Waals surface area contributed by atoms with Crippen molar-refractivity contribution in [3.63, 3.8) is 0 Å². The lowest BCUT2D eigenvalue weighted by molar-refractivity contribution is -0.134. The summed E-state index contributed by atoms with van der Waals surface area (Å²) in [6.45, 7) is 8.27. The first-order valence-corrected chi connectivity index (χ1v) is 7.60. The highest BCUT2D eigenvalue weighted by Gasteiger charge is 2.11. The van der Waals surface area contributed by atoms with Crippen LogP contribution in [0.25, 0.3) is 0 Å². The normalized spacial score (nSPS) is 12.4. The summed E-state index contributed by atoms with van der Waals surface area (Å²) in [7, 11) is 0. The Kier molecular flexibility index (Phi) is 10.2. The van der Waals surface area contributed by atoms with Gasteiger partial charge in [-0.15, -0.1) is 0 Å². The van der Waals surface area contributed by atoms with Crippen molar-refractivity contribution >= 4 is 18.2 Å². The van der Waals surface area contributed by atoms with Gasteiger partial charge in [0.15, 0.2) is 0 Å². The van der Waals surface area contributed by atoms with Gasteiger partial charge in [0, 0.05) is 19.0 Å². The average Bonchev–Trinajstić information content (AvgIpc) is 2.42. The summed E-state index contributed by atoms with van der Waals surface area (Å²) in [6.07, 6.45) is 6.32. The Morgan fingerprint density at radius 1 is 1.14 bits per heavy atom. The molecule has 0 aromatic heterocycles. The van der Waals surface area contributed by atoms with Crippen LogP contribution in [0.15, 0.2) is 12.2 Å². The molecule has 0 aliphatic heterocycles. The number of carbonyl (C=O) groups excluding carboxylic acids is 3. The molecular weight excluding hydrogens is 268 g/mol. The van der Waals surface area contributed by atoms with Gasteiger partial charge in [0.25, 0.3) is 5.91 Å². The minimum atomic E-state index is -0.295. The maximum atomic E-state index is 11.7. The molecule has 1 unspecified atom stereocenters. The topological polar surface area (TPSA) is 66.5 Å². The van der Waals surface area contributed by atoms with Crippen LogP contribution in [0.2, 0.25) is 0 Å². The van der Waals surface area contributed by atoms with Crippen LogP contribution in [0, 0.1) is 5.92 Å². The zero-order chi connectivity index (χ0) is 16.3. The van der Waals surface area contributed by atoms with Crippen LogP contribution in [0.4, 0.5) is 0 Å². The highest BCUT2D eigenvalue weighted by Crippen LogP contribution is 2.04. The second-order valence-corrected chi connectivity index (χ2v) is 5.55. The Morgan fingerprint density at radius 2 is 1.81 bits per heavy atom. The Morgan fingerprint density at radius 3 is 2.33 bits per heavy atom. The molecule has 0 saturated carbocycles. The molecule has 0 saturated heterocycles. The summed E-state index contributed by atoms with van der Waals surface area (Å²) in [5, 5.41) is 2.96. The van der Waals surface area contributed by atoms with E-state index in [1.807, 2.05) is 6.92 Å². The van der Waals surface area contributed by atoms with Crippen molar-refractivity contribution in [2.75, 3.05) is 6.54 Å².